The third-order valence-electron chi connectivity index (χ3n) is 1.49. The molecular weight excluding hydrogens is 172 g/mol. The molecule has 0 radical (unpaired) electrons. The molecule has 1 aromatic carbocycles. The highest BCUT2D eigenvalue weighted by Crippen LogP contribution is 2.04. The van der Waals surface area contributed by atoms with Crippen LogP contribution in [0.15, 0.2) is 24.3 Å². The van der Waals surface area contributed by atoms with Crippen LogP contribution in [0.3, 0.4) is 0 Å². The van der Waals surface area contributed by atoms with E-state index in [1.165, 1.54) is 0 Å². The van der Waals surface area contributed by atoms with Crippen molar-refractivity contribution >= 4 is 27.5 Å². The predicted octanol–water partition coefficient (Wildman–Crippen LogP) is -0.389. The summed E-state index contributed by atoms with van der Waals surface area (Å²) in [7, 11) is 1.14. The SMILES string of the molecule is OB(O)c1cccc(NCP)c1. The van der Waals surface area contributed by atoms with Crippen LogP contribution in [0.4, 0.5) is 5.69 Å². The van der Waals surface area contributed by atoms with E-state index in [1.54, 1.807) is 18.2 Å². The monoisotopic (exact) mass is 183 g/mol. The van der Waals surface area contributed by atoms with Gasteiger partial charge in [-0.3, -0.25) is 0 Å². The van der Waals surface area contributed by atoms with Crippen molar-refractivity contribution in [3.05, 3.63) is 24.3 Å². The van der Waals surface area contributed by atoms with E-state index >= 15 is 0 Å². The van der Waals surface area contributed by atoms with Crippen molar-refractivity contribution in [3.8, 4) is 0 Å². The van der Waals surface area contributed by atoms with Crippen LogP contribution in [0.25, 0.3) is 0 Å². The highest BCUT2D eigenvalue weighted by atomic mass is 31.0. The summed E-state index contributed by atoms with van der Waals surface area (Å²) in [6.45, 7) is 0. The molecule has 0 aliphatic rings. The fourth-order valence-electron chi connectivity index (χ4n) is 0.927. The average Bonchev–Trinajstić information content (AvgIpc) is 2.05. The van der Waals surface area contributed by atoms with Gasteiger partial charge in [-0.15, -0.1) is 9.24 Å². The van der Waals surface area contributed by atoms with Crippen LogP contribution in [-0.2, 0) is 0 Å². The lowest BCUT2D eigenvalue weighted by molar-refractivity contribution is 0.426. The maximum atomic E-state index is 8.84. The fraction of sp³-hybridized carbons (Fsp3) is 0.143. The molecule has 3 nitrogen and oxygen atoms in total. The lowest BCUT2D eigenvalue weighted by atomic mass is 9.80. The first-order chi connectivity index (χ1) is 5.74. The summed E-state index contributed by atoms with van der Waals surface area (Å²) >= 11 is 0. The van der Waals surface area contributed by atoms with Gasteiger partial charge in [-0.25, -0.2) is 0 Å². The van der Waals surface area contributed by atoms with Crippen molar-refractivity contribution in [1.29, 1.82) is 0 Å². The second-order valence-corrected chi connectivity index (χ2v) is 2.79. The zero-order valence-electron chi connectivity index (χ0n) is 6.57. The standard InChI is InChI=1S/C7H11BNO2P/c10-8(11)6-2-1-3-7(4-6)9-5-12/h1-4,9-11H,5,12H2. The molecule has 0 spiro atoms. The predicted molar refractivity (Wildman–Crippen MR) is 54.5 cm³/mol. The largest absolute Gasteiger partial charge is 0.488 e. The molecule has 1 unspecified atom stereocenters. The Kier molecular flexibility index (Phi) is 3.54. The molecule has 0 fully saturated rings. The minimum absolute atomic E-state index is 0.499. The molecule has 0 heterocycles. The van der Waals surface area contributed by atoms with Crippen LogP contribution in [0.5, 0.6) is 0 Å². The lowest BCUT2D eigenvalue weighted by Gasteiger charge is -2.04. The third kappa shape index (κ3) is 2.49. The van der Waals surface area contributed by atoms with Gasteiger partial charge in [-0.05, 0) is 17.6 Å². The Morgan fingerprint density at radius 1 is 1.42 bits per heavy atom. The second kappa shape index (κ2) is 4.46. The molecule has 0 saturated heterocycles. The minimum atomic E-state index is -1.39. The summed E-state index contributed by atoms with van der Waals surface area (Å²) in [4.78, 5) is 0. The first kappa shape index (κ1) is 9.52. The number of benzene rings is 1. The van der Waals surface area contributed by atoms with E-state index in [1.807, 2.05) is 6.07 Å². The van der Waals surface area contributed by atoms with Gasteiger partial charge in [0, 0.05) is 12.0 Å². The molecule has 1 rings (SSSR count). The molecule has 1 aromatic rings. The molecule has 0 aromatic heterocycles. The summed E-state index contributed by atoms with van der Waals surface area (Å²) in [5, 5.41) is 20.7. The van der Waals surface area contributed by atoms with Crippen LogP contribution in [0.1, 0.15) is 0 Å². The quantitative estimate of drug-likeness (QED) is 0.441. The number of hydrogen-bond acceptors (Lipinski definition) is 3. The van der Waals surface area contributed by atoms with Gasteiger partial charge in [0.2, 0.25) is 0 Å². The number of anilines is 1. The Bertz CT molecular complexity index is 257. The molecule has 0 bridgehead atoms. The molecule has 0 aliphatic heterocycles. The highest BCUT2D eigenvalue weighted by molar-refractivity contribution is 7.16. The van der Waals surface area contributed by atoms with Gasteiger partial charge in [0.15, 0.2) is 0 Å². The normalized spacial score (nSPS) is 9.58. The van der Waals surface area contributed by atoms with E-state index in [9.17, 15) is 0 Å². The summed E-state index contributed by atoms with van der Waals surface area (Å²) in [5.74, 6) is 0. The van der Waals surface area contributed by atoms with Gasteiger partial charge in [0.25, 0.3) is 0 Å². The zero-order valence-corrected chi connectivity index (χ0v) is 7.72. The second-order valence-electron chi connectivity index (χ2n) is 2.38. The van der Waals surface area contributed by atoms with E-state index in [4.69, 9.17) is 10.0 Å². The lowest BCUT2D eigenvalue weighted by Crippen LogP contribution is -2.29. The van der Waals surface area contributed by atoms with Crippen LogP contribution in [0, 0.1) is 0 Å². The van der Waals surface area contributed by atoms with Crippen molar-refractivity contribution in [2.24, 2.45) is 0 Å². The zero-order chi connectivity index (χ0) is 8.97. The molecule has 5 heteroatoms. The van der Waals surface area contributed by atoms with Gasteiger partial charge in [-0.2, -0.15) is 0 Å². The third-order valence-corrected chi connectivity index (χ3v) is 1.70. The number of nitrogens with one attached hydrogen (secondary N) is 1. The van der Waals surface area contributed by atoms with E-state index in [-0.39, 0.29) is 0 Å². The Morgan fingerprint density at radius 3 is 2.75 bits per heavy atom. The molecule has 0 aliphatic carbocycles. The van der Waals surface area contributed by atoms with Crippen molar-refractivity contribution in [2.75, 3.05) is 11.6 Å². The Balaban J connectivity index is 2.81. The van der Waals surface area contributed by atoms with Crippen LogP contribution < -0.4 is 10.8 Å². The van der Waals surface area contributed by atoms with Gasteiger partial charge >= 0.3 is 7.12 Å². The van der Waals surface area contributed by atoms with Crippen molar-refractivity contribution in [2.45, 2.75) is 0 Å². The molecule has 3 N–H and O–H groups in total. The van der Waals surface area contributed by atoms with E-state index in [0.717, 1.165) is 12.0 Å². The Morgan fingerprint density at radius 2 is 2.17 bits per heavy atom. The average molecular weight is 183 g/mol. The minimum Gasteiger partial charge on any atom is -0.423 e. The van der Waals surface area contributed by atoms with E-state index < -0.39 is 7.12 Å². The summed E-state index contributed by atoms with van der Waals surface area (Å²) < 4.78 is 0. The molecule has 0 saturated carbocycles. The van der Waals surface area contributed by atoms with Crippen LogP contribution in [0.2, 0.25) is 0 Å². The molecule has 0 amide bonds. The number of hydrogen-bond donors (Lipinski definition) is 3. The van der Waals surface area contributed by atoms with Crippen LogP contribution >= 0.6 is 9.24 Å². The molecule has 1 atom stereocenters. The van der Waals surface area contributed by atoms with Crippen molar-refractivity contribution in [3.63, 3.8) is 0 Å². The van der Waals surface area contributed by atoms with Gasteiger partial charge < -0.3 is 15.4 Å². The summed E-state index contributed by atoms with van der Waals surface area (Å²) in [5.41, 5.74) is 1.38. The molecule has 12 heavy (non-hydrogen) atoms. The van der Waals surface area contributed by atoms with E-state index in [2.05, 4.69) is 14.6 Å². The first-order valence-corrected chi connectivity index (χ1v) is 4.45. The first-order valence-electron chi connectivity index (χ1n) is 3.64. The highest BCUT2D eigenvalue weighted by Gasteiger charge is 2.09. The van der Waals surface area contributed by atoms with Crippen LogP contribution in [-0.4, -0.2) is 23.5 Å². The van der Waals surface area contributed by atoms with Crippen molar-refractivity contribution < 1.29 is 10.0 Å². The van der Waals surface area contributed by atoms with Gasteiger partial charge in [0.1, 0.15) is 0 Å². The van der Waals surface area contributed by atoms with Crippen molar-refractivity contribution in [1.82, 2.24) is 0 Å². The molecular formula is C7H11BNO2P. The van der Waals surface area contributed by atoms with Gasteiger partial charge in [0.05, 0.1) is 0 Å². The smallest absolute Gasteiger partial charge is 0.423 e. The summed E-state index contributed by atoms with van der Waals surface area (Å²) in [6, 6.07) is 7.01. The Hall–Kier alpha value is -0.565. The fourth-order valence-corrected chi connectivity index (χ4v) is 1.16. The topological polar surface area (TPSA) is 52.5 Å². The maximum absolute atomic E-state index is 8.84. The van der Waals surface area contributed by atoms with Gasteiger partial charge in [-0.1, -0.05) is 12.1 Å². The Labute approximate surface area is 74.2 Å². The molecule has 64 valence electrons. The number of rotatable bonds is 3. The summed E-state index contributed by atoms with van der Waals surface area (Å²) in [6.07, 6.45) is 0.741. The maximum Gasteiger partial charge on any atom is 0.488 e. The van der Waals surface area contributed by atoms with E-state index in [0.29, 0.717) is 5.46 Å².